The van der Waals surface area contributed by atoms with Crippen molar-refractivity contribution in [2.24, 2.45) is 7.05 Å². The summed E-state index contributed by atoms with van der Waals surface area (Å²) in [5.41, 5.74) is 1.33. The molecule has 2 heterocycles. The Balaban J connectivity index is 2.19. The third-order valence-corrected chi connectivity index (χ3v) is 3.05. The zero-order chi connectivity index (χ0) is 15.4. The Morgan fingerprint density at radius 2 is 2.14 bits per heavy atom. The van der Waals surface area contributed by atoms with E-state index in [-0.39, 0.29) is 11.9 Å². The van der Waals surface area contributed by atoms with Gasteiger partial charge in [-0.25, -0.2) is 4.79 Å². The van der Waals surface area contributed by atoms with Crippen molar-refractivity contribution in [1.29, 1.82) is 0 Å². The summed E-state index contributed by atoms with van der Waals surface area (Å²) in [6.45, 7) is 2.00. The van der Waals surface area contributed by atoms with Crippen LogP contribution in [0.5, 0.6) is 5.88 Å². The molecular formula is C14H18N4O3. The minimum absolute atomic E-state index is 0.0277. The number of ether oxygens (including phenoxy) is 2. The van der Waals surface area contributed by atoms with E-state index in [4.69, 9.17) is 4.74 Å². The molecule has 7 nitrogen and oxygen atoms in total. The average Bonchev–Trinajstić information content (AvgIpc) is 2.93. The van der Waals surface area contributed by atoms with Crippen LogP contribution < -0.4 is 10.1 Å². The lowest BCUT2D eigenvalue weighted by Gasteiger charge is -2.14. The van der Waals surface area contributed by atoms with E-state index in [1.165, 1.54) is 14.2 Å². The van der Waals surface area contributed by atoms with Crippen molar-refractivity contribution in [3.8, 4) is 5.88 Å². The molecule has 112 valence electrons. The highest BCUT2D eigenvalue weighted by atomic mass is 16.5. The van der Waals surface area contributed by atoms with Crippen LogP contribution in [-0.2, 0) is 11.8 Å². The number of hydrogen-bond acceptors (Lipinski definition) is 6. The van der Waals surface area contributed by atoms with Crippen LogP contribution in [0.1, 0.15) is 28.9 Å². The van der Waals surface area contributed by atoms with E-state index in [9.17, 15) is 4.79 Å². The van der Waals surface area contributed by atoms with Gasteiger partial charge in [-0.1, -0.05) is 0 Å². The molecule has 2 rings (SSSR count). The molecule has 0 saturated heterocycles. The lowest BCUT2D eigenvalue weighted by molar-refractivity contribution is 0.0596. The Morgan fingerprint density at radius 3 is 2.71 bits per heavy atom. The third kappa shape index (κ3) is 3.31. The number of nitrogens with zero attached hydrogens (tertiary/aromatic N) is 3. The van der Waals surface area contributed by atoms with E-state index >= 15 is 0 Å². The van der Waals surface area contributed by atoms with Gasteiger partial charge in [-0.15, -0.1) is 0 Å². The van der Waals surface area contributed by atoms with Crippen molar-refractivity contribution in [1.82, 2.24) is 14.8 Å². The lowest BCUT2D eigenvalue weighted by atomic mass is 10.2. The number of aromatic nitrogens is 3. The molecular weight excluding hydrogens is 272 g/mol. The standard InChI is InChI=1S/C14H18N4O3/c1-9(10-7-15-18(2)8-10)16-12-6-5-11(14(19)21-4)13(17-12)20-3/h5-9H,1-4H3,(H,16,17). The number of carbonyl (C=O) groups excluding carboxylic acids is 1. The number of esters is 1. The molecule has 21 heavy (non-hydrogen) atoms. The molecule has 7 heteroatoms. The number of nitrogens with one attached hydrogen (secondary N) is 1. The molecule has 2 aromatic rings. The van der Waals surface area contributed by atoms with E-state index in [0.29, 0.717) is 11.4 Å². The minimum Gasteiger partial charge on any atom is -0.480 e. The van der Waals surface area contributed by atoms with Crippen molar-refractivity contribution in [2.45, 2.75) is 13.0 Å². The van der Waals surface area contributed by atoms with Gasteiger partial charge in [0.1, 0.15) is 11.4 Å². The maximum atomic E-state index is 11.6. The second kappa shape index (κ2) is 6.25. The van der Waals surface area contributed by atoms with Gasteiger partial charge in [0.25, 0.3) is 0 Å². The van der Waals surface area contributed by atoms with Gasteiger partial charge in [0, 0.05) is 18.8 Å². The van der Waals surface area contributed by atoms with Gasteiger partial charge in [0.2, 0.25) is 5.88 Å². The van der Waals surface area contributed by atoms with Crippen molar-refractivity contribution in [2.75, 3.05) is 19.5 Å². The third-order valence-electron chi connectivity index (χ3n) is 3.05. The second-order valence-electron chi connectivity index (χ2n) is 4.56. The molecule has 0 radical (unpaired) electrons. The zero-order valence-electron chi connectivity index (χ0n) is 12.5. The Hall–Kier alpha value is -2.57. The van der Waals surface area contributed by atoms with Crippen LogP contribution in [-0.4, -0.2) is 35.0 Å². The van der Waals surface area contributed by atoms with Crippen LogP contribution in [0, 0.1) is 0 Å². The van der Waals surface area contributed by atoms with E-state index in [0.717, 1.165) is 5.56 Å². The number of carbonyl (C=O) groups is 1. The number of rotatable bonds is 5. The first-order chi connectivity index (χ1) is 10.0. The SMILES string of the molecule is COC(=O)c1ccc(NC(C)c2cnn(C)c2)nc1OC. The Morgan fingerprint density at radius 1 is 1.38 bits per heavy atom. The molecule has 0 amide bonds. The van der Waals surface area contributed by atoms with Crippen LogP contribution >= 0.6 is 0 Å². The quantitative estimate of drug-likeness (QED) is 0.846. The van der Waals surface area contributed by atoms with Crippen molar-refractivity contribution in [3.05, 3.63) is 35.7 Å². The minimum atomic E-state index is -0.480. The fourth-order valence-electron chi connectivity index (χ4n) is 1.91. The summed E-state index contributed by atoms with van der Waals surface area (Å²) in [6.07, 6.45) is 3.72. The summed E-state index contributed by atoms with van der Waals surface area (Å²) in [7, 11) is 4.64. The highest BCUT2D eigenvalue weighted by Gasteiger charge is 2.16. The summed E-state index contributed by atoms with van der Waals surface area (Å²) in [4.78, 5) is 15.8. The smallest absolute Gasteiger partial charge is 0.343 e. The van der Waals surface area contributed by atoms with Gasteiger partial charge in [0.05, 0.1) is 26.5 Å². The molecule has 0 aliphatic carbocycles. The monoisotopic (exact) mass is 290 g/mol. The number of hydrogen-bond donors (Lipinski definition) is 1. The molecule has 1 N–H and O–H groups in total. The van der Waals surface area contributed by atoms with E-state index in [1.807, 2.05) is 20.2 Å². The number of anilines is 1. The fraction of sp³-hybridized carbons (Fsp3) is 0.357. The molecule has 1 atom stereocenters. The summed E-state index contributed by atoms with van der Waals surface area (Å²) >= 11 is 0. The molecule has 0 aromatic carbocycles. The van der Waals surface area contributed by atoms with E-state index < -0.39 is 5.97 Å². The van der Waals surface area contributed by atoms with E-state index in [1.54, 1.807) is 23.0 Å². The van der Waals surface area contributed by atoms with Gasteiger partial charge in [0.15, 0.2) is 0 Å². The molecule has 0 spiro atoms. The summed E-state index contributed by atoms with van der Waals surface area (Å²) in [5.74, 6) is 0.354. The maximum Gasteiger partial charge on any atom is 0.343 e. The summed E-state index contributed by atoms with van der Waals surface area (Å²) in [5, 5.41) is 7.37. The number of pyridine rings is 1. The Kier molecular flexibility index (Phi) is 4.42. The van der Waals surface area contributed by atoms with Crippen molar-refractivity contribution < 1.29 is 14.3 Å². The van der Waals surface area contributed by atoms with E-state index in [2.05, 4.69) is 20.1 Å². The number of methoxy groups -OCH3 is 2. The van der Waals surface area contributed by atoms with Gasteiger partial charge in [-0.2, -0.15) is 10.1 Å². The second-order valence-corrected chi connectivity index (χ2v) is 4.56. The first-order valence-corrected chi connectivity index (χ1v) is 6.43. The molecule has 2 aromatic heterocycles. The summed E-state index contributed by atoms with van der Waals surface area (Å²) < 4.78 is 11.6. The normalized spacial score (nSPS) is 11.8. The van der Waals surface area contributed by atoms with Gasteiger partial charge in [-0.05, 0) is 19.1 Å². The van der Waals surface area contributed by atoms with Crippen LogP contribution in [0.4, 0.5) is 5.82 Å². The molecule has 0 aliphatic heterocycles. The first-order valence-electron chi connectivity index (χ1n) is 6.43. The molecule has 0 bridgehead atoms. The highest BCUT2D eigenvalue weighted by Crippen LogP contribution is 2.22. The maximum absolute atomic E-state index is 11.6. The topological polar surface area (TPSA) is 78.3 Å². The zero-order valence-corrected chi connectivity index (χ0v) is 12.5. The van der Waals surface area contributed by atoms with Gasteiger partial charge in [-0.3, -0.25) is 4.68 Å². The van der Waals surface area contributed by atoms with Gasteiger partial charge >= 0.3 is 5.97 Å². The first kappa shape index (κ1) is 14.8. The lowest BCUT2D eigenvalue weighted by Crippen LogP contribution is -2.10. The van der Waals surface area contributed by atoms with Gasteiger partial charge < -0.3 is 14.8 Å². The molecule has 0 saturated carbocycles. The summed E-state index contributed by atoms with van der Waals surface area (Å²) in [6, 6.07) is 3.36. The van der Waals surface area contributed by atoms with Crippen LogP contribution in [0.3, 0.4) is 0 Å². The van der Waals surface area contributed by atoms with Crippen molar-refractivity contribution in [3.63, 3.8) is 0 Å². The highest BCUT2D eigenvalue weighted by molar-refractivity contribution is 5.92. The van der Waals surface area contributed by atoms with Crippen LogP contribution in [0.2, 0.25) is 0 Å². The van der Waals surface area contributed by atoms with Crippen LogP contribution in [0.15, 0.2) is 24.5 Å². The Bertz CT molecular complexity index is 639. The number of aryl methyl sites for hydroxylation is 1. The predicted molar refractivity (Wildman–Crippen MR) is 77.4 cm³/mol. The molecule has 0 aliphatic rings. The van der Waals surface area contributed by atoms with Crippen LogP contribution in [0.25, 0.3) is 0 Å². The predicted octanol–water partition coefficient (Wildman–Crippen LogP) is 1.78. The Labute approximate surface area is 122 Å². The molecule has 0 fully saturated rings. The molecule has 1 unspecified atom stereocenters. The van der Waals surface area contributed by atoms with Crippen molar-refractivity contribution >= 4 is 11.8 Å². The fourth-order valence-corrected chi connectivity index (χ4v) is 1.91. The average molecular weight is 290 g/mol. The largest absolute Gasteiger partial charge is 0.480 e.